The first kappa shape index (κ1) is 17.0. The fraction of sp³-hybridized carbons (Fsp3) is 0. The molecule has 4 aromatic rings. The minimum absolute atomic E-state index is 0.162. The van der Waals surface area contributed by atoms with Gasteiger partial charge in [-0.25, -0.2) is 4.98 Å². The van der Waals surface area contributed by atoms with Gasteiger partial charge in [0.25, 0.3) is 11.8 Å². The van der Waals surface area contributed by atoms with E-state index in [2.05, 4.69) is 36.6 Å². The summed E-state index contributed by atoms with van der Waals surface area (Å²) in [5.74, 6) is -0.0973. The number of hydrogen-bond acceptors (Lipinski definition) is 5. The maximum Gasteiger partial charge on any atom is 0.291 e. The quantitative estimate of drug-likeness (QED) is 0.520. The first-order valence-electron chi connectivity index (χ1n) is 7.87. The molecule has 0 radical (unpaired) electrons. The fourth-order valence-corrected chi connectivity index (χ4v) is 2.79. The summed E-state index contributed by atoms with van der Waals surface area (Å²) < 4.78 is 7.20. The van der Waals surface area contributed by atoms with Crippen molar-refractivity contribution in [2.24, 2.45) is 0 Å². The lowest BCUT2D eigenvalue weighted by atomic mass is 10.2. The van der Waals surface area contributed by atoms with Crippen LogP contribution in [0.3, 0.4) is 0 Å². The molecule has 0 aliphatic rings. The SMILES string of the molecule is O=C(Nc1ccnc2ccnn12)c1cccc(NC(=O)c2ccc(Br)o2)c1. The number of amides is 2. The molecule has 1 aromatic carbocycles. The molecule has 0 aliphatic heterocycles. The van der Waals surface area contributed by atoms with Gasteiger partial charge < -0.3 is 15.1 Å². The predicted octanol–water partition coefficient (Wildman–Crippen LogP) is 3.59. The molecule has 27 heavy (non-hydrogen) atoms. The van der Waals surface area contributed by atoms with Crippen LogP contribution >= 0.6 is 15.9 Å². The minimum Gasteiger partial charge on any atom is -0.444 e. The molecule has 2 N–H and O–H groups in total. The summed E-state index contributed by atoms with van der Waals surface area (Å²) in [5, 5.41) is 9.61. The number of halogens is 1. The number of benzene rings is 1. The van der Waals surface area contributed by atoms with Crippen molar-refractivity contribution >= 4 is 44.9 Å². The molecule has 2 amide bonds. The summed E-state index contributed by atoms with van der Waals surface area (Å²) >= 11 is 3.15. The van der Waals surface area contributed by atoms with Crippen LogP contribution in [0.25, 0.3) is 5.65 Å². The Hall–Kier alpha value is -3.46. The second-order valence-corrected chi connectivity index (χ2v) is 6.31. The van der Waals surface area contributed by atoms with Gasteiger partial charge in [-0.3, -0.25) is 9.59 Å². The highest BCUT2D eigenvalue weighted by Gasteiger charge is 2.13. The molecule has 0 bridgehead atoms. The lowest BCUT2D eigenvalue weighted by Crippen LogP contribution is -2.16. The molecule has 9 heteroatoms. The van der Waals surface area contributed by atoms with E-state index in [4.69, 9.17) is 4.42 Å². The van der Waals surface area contributed by atoms with Crippen LogP contribution < -0.4 is 10.6 Å². The van der Waals surface area contributed by atoms with Crippen LogP contribution in [0, 0.1) is 0 Å². The Morgan fingerprint density at radius 3 is 2.70 bits per heavy atom. The lowest BCUT2D eigenvalue weighted by molar-refractivity contribution is 0.0992. The van der Waals surface area contributed by atoms with Crippen LogP contribution in [0.1, 0.15) is 20.9 Å². The van der Waals surface area contributed by atoms with E-state index in [0.717, 1.165) is 0 Å². The number of rotatable bonds is 4. The third-order valence-electron chi connectivity index (χ3n) is 3.71. The van der Waals surface area contributed by atoms with E-state index in [1.807, 2.05) is 0 Å². The average Bonchev–Trinajstić information content (AvgIpc) is 3.31. The Bertz CT molecular complexity index is 1150. The molecule has 3 heterocycles. The molecule has 0 unspecified atom stereocenters. The summed E-state index contributed by atoms with van der Waals surface area (Å²) in [4.78, 5) is 28.9. The van der Waals surface area contributed by atoms with Gasteiger partial charge in [-0.1, -0.05) is 6.07 Å². The monoisotopic (exact) mass is 425 g/mol. The van der Waals surface area contributed by atoms with Crippen LogP contribution in [-0.2, 0) is 0 Å². The molecule has 0 fully saturated rings. The highest BCUT2D eigenvalue weighted by atomic mass is 79.9. The van der Waals surface area contributed by atoms with E-state index in [9.17, 15) is 9.59 Å². The van der Waals surface area contributed by atoms with Gasteiger partial charge >= 0.3 is 0 Å². The Morgan fingerprint density at radius 2 is 1.89 bits per heavy atom. The van der Waals surface area contributed by atoms with E-state index in [-0.39, 0.29) is 11.7 Å². The maximum atomic E-state index is 12.6. The van der Waals surface area contributed by atoms with Crippen molar-refractivity contribution in [2.45, 2.75) is 0 Å². The number of anilines is 2. The molecule has 3 aromatic heterocycles. The van der Waals surface area contributed by atoms with Gasteiger partial charge in [0.2, 0.25) is 0 Å². The summed E-state index contributed by atoms with van der Waals surface area (Å²) in [6, 6.07) is 13.2. The molecule has 0 spiro atoms. The molecule has 8 nitrogen and oxygen atoms in total. The normalized spacial score (nSPS) is 10.7. The van der Waals surface area contributed by atoms with Gasteiger partial charge in [-0.05, 0) is 52.3 Å². The number of furan rings is 1. The number of aromatic nitrogens is 3. The minimum atomic E-state index is -0.411. The van der Waals surface area contributed by atoms with Gasteiger partial charge in [0.1, 0.15) is 5.82 Å². The summed E-state index contributed by atoms with van der Waals surface area (Å²) in [7, 11) is 0. The van der Waals surface area contributed by atoms with E-state index < -0.39 is 5.91 Å². The van der Waals surface area contributed by atoms with Crippen molar-refractivity contribution in [3.05, 3.63) is 76.9 Å². The van der Waals surface area contributed by atoms with Crippen LogP contribution in [0.2, 0.25) is 0 Å². The summed E-state index contributed by atoms with van der Waals surface area (Å²) in [6.07, 6.45) is 3.19. The first-order chi connectivity index (χ1) is 13.1. The molecule has 0 saturated carbocycles. The molecule has 0 aliphatic carbocycles. The van der Waals surface area contributed by atoms with Gasteiger partial charge in [-0.15, -0.1) is 0 Å². The lowest BCUT2D eigenvalue weighted by Gasteiger charge is -2.09. The third kappa shape index (κ3) is 3.58. The van der Waals surface area contributed by atoms with Crippen LogP contribution in [0.15, 0.2) is 70.0 Å². The molecule has 134 valence electrons. The number of hydrogen-bond donors (Lipinski definition) is 2. The zero-order valence-corrected chi connectivity index (χ0v) is 15.3. The molecule has 4 rings (SSSR count). The van der Waals surface area contributed by atoms with Gasteiger partial charge in [0, 0.05) is 23.5 Å². The smallest absolute Gasteiger partial charge is 0.291 e. The zero-order valence-electron chi connectivity index (χ0n) is 13.7. The first-order valence-corrected chi connectivity index (χ1v) is 8.66. The predicted molar refractivity (Wildman–Crippen MR) is 102 cm³/mol. The van der Waals surface area contributed by atoms with Crippen molar-refractivity contribution < 1.29 is 14.0 Å². The summed E-state index contributed by atoms with van der Waals surface area (Å²) in [5.41, 5.74) is 1.48. The van der Waals surface area contributed by atoms with Crippen molar-refractivity contribution in [1.82, 2.24) is 14.6 Å². The van der Waals surface area contributed by atoms with E-state index in [1.54, 1.807) is 60.9 Å². The highest BCUT2D eigenvalue weighted by molar-refractivity contribution is 9.10. The van der Waals surface area contributed by atoms with Crippen LogP contribution in [-0.4, -0.2) is 26.4 Å². The van der Waals surface area contributed by atoms with Crippen molar-refractivity contribution in [2.75, 3.05) is 10.6 Å². The molecule has 0 saturated heterocycles. The second kappa shape index (κ2) is 7.04. The largest absolute Gasteiger partial charge is 0.444 e. The molecule has 0 atom stereocenters. The van der Waals surface area contributed by atoms with E-state index >= 15 is 0 Å². The fourth-order valence-electron chi connectivity index (χ4n) is 2.48. The topological polar surface area (TPSA) is 102 Å². The van der Waals surface area contributed by atoms with E-state index in [1.165, 1.54) is 4.52 Å². The molecular formula is C18H12BrN5O3. The number of fused-ring (bicyclic) bond motifs is 1. The van der Waals surface area contributed by atoms with Gasteiger partial charge in [0.05, 0.1) is 6.20 Å². The number of nitrogens with zero attached hydrogens (tertiary/aromatic N) is 3. The van der Waals surface area contributed by atoms with Crippen molar-refractivity contribution in [3.8, 4) is 0 Å². The van der Waals surface area contributed by atoms with E-state index in [0.29, 0.717) is 27.4 Å². The number of nitrogens with one attached hydrogen (secondary N) is 2. The maximum absolute atomic E-state index is 12.6. The zero-order chi connectivity index (χ0) is 18.8. The van der Waals surface area contributed by atoms with Crippen LogP contribution in [0.4, 0.5) is 11.5 Å². The van der Waals surface area contributed by atoms with Crippen molar-refractivity contribution in [1.29, 1.82) is 0 Å². The standard InChI is InChI=1S/C18H12BrN5O3/c19-14-5-4-13(27-14)18(26)22-12-3-1-2-11(10-12)17(25)23-16-6-8-20-15-7-9-21-24(15)16/h1-10H,(H,22,26)(H,23,25). The second-order valence-electron chi connectivity index (χ2n) is 5.52. The van der Waals surface area contributed by atoms with Gasteiger partial charge in [-0.2, -0.15) is 9.61 Å². The van der Waals surface area contributed by atoms with Gasteiger partial charge in [0.15, 0.2) is 16.1 Å². The van der Waals surface area contributed by atoms with Crippen molar-refractivity contribution in [3.63, 3.8) is 0 Å². The Morgan fingerprint density at radius 1 is 1.00 bits per heavy atom. The summed E-state index contributed by atoms with van der Waals surface area (Å²) in [6.45, 7) is 0. The average molecular weight is 426 g/mol. The third-order valence-corrected chi connectivity index (χ3v) is 4.14. The Balaban J connectivity index is 1.52. The van der Waals surface area contributed by atoms with Crippen LogP contribution in [0.5, 0.6) is 0 Å². The number of carbonyl (C=O) groups is 2. The Kier molecular flexibility index (Phi) is 4.43. The molecular weight excluding hydrogens is 414 g/mol. The highest BCUT2D eigenvalue weighted by Crippen LogP contribution is 2.18. The Labute approximate surface area is 161 Å². The number of carbonyl (C=O) groups excluding carboxylic acids is 2.